The molecule has 1 aliphatic rings. The van der Waals surface area contributed by atoms with Crippen molar-refractivity contribution in [3.63, 3.8) is 0 Å². The number of benzene rings is 1. The van der Waals surface area contributed by atoms with Gasteiger partial charge >= 0.3 is 5.97 Å². The van der Waals surface area contributed by atoms with Crippen LogP contribution in [0.2, 0.25) is 5.02 Å². The third-order valence-corrected chi connectivity index (χ3v) is 5.17. The average molecular weight is 425 g/mol. The molecular weight excluding hydrogens is 395 g/mol. The van der Waals surface area contributed by atoms with Crippen molar-refractivity contribution in [3.8, 4) is 11.5 Å². The molecule has 0 amide bonds. The SMILES string of the molecule is CCCC/C(=C(\F)C(=O)O)c1cc2c(c(Cl)c1OCC)OC(C)(C)C=C2C(C)C. The molecule has 0 atom stereocenters. The highest BCUT2D eigenvalue weighted by Crippen LogP contribution is 2.50. The number of rotatable bonds is 8. The van der Waals surface area contributed by atoms with Gasteiger partial charge in [-0.1, -0.05) is 38.8 Å². The van der Waals surface area contributed by atoms with E-state index in [0.717, 1.165) is 17.6 Å². The van der Waals surface area contributed by atoms with E-state index < -0.39 is 17.4 Å². The Hall–Kier alpha value is -2.01. The Kier molecular flexibility index (Phi) is 7.39. The number of allylic oxidation sites excluding steroid dienone is 2. The summed E-state index contributed by atoms with van der Waals surface area (Å²) in [7, 11) is 0. The quantitative estimate of drug-likeness (QED) is 0.461. The molecule has 1 heterocycles. The number of ether oxygens (including phenoxy) is 2. The van der Waals surface area contributed by atoms with Crippen molar-refractivity contribution in [2.75, 3.05) is 6.61 Å². The van der Waals surface area contributed by atoms with E-state index in [0.29, 0.717) is 24.3 Å². The van der Waals surface area contributed by atoms with E-state index in [1.807, 2.05) is 26.8 Å². The Morgan fingerprint density at radius 1 is 1.34 bits per heavy atom. The molecule has 0 fully saturated rings. The summed E-state index contributed by atoms with van der Waals surface area (Å²) in [6, 6.07) is 1.76. The van der Waals surface area contributed by atoms with Crippen molar-refractivity contribution in [2.24, 2.45) is 5.92 Å². The first kappa shape index (κ1) is 23.3. The highest BCUT2D eigenvalue weighted by atomic mass is 35.5. The molecular formula is C23H30ClFO4. The van der Waals surface area contributed by atoms with Crippen LogP contribution in [-0.2, 0) is 4.79 Å². The van der Waals surface area contributed by atoms with Crippen LogP contribution in [0, 0.1) is 5.92 Å². The third kappa shape index (κ3) is 4.95. The lowest BCUT2D eigenvalue weighted by atomic mass is 9.85. The monoisotopic (exact) mass is 424 g/mol. The molecule has 1 aromatic carbocycles. The lowest BCUT2D eigenvalue weighted by Crippen LogP contribution is -2.30. The molecule has 1 aromatic rings. The molecule has 0 saturated heterocycles. The molecule has 29 heavy (non-hydrogen) atoms. The van der Waals surface area contributed by atoms with E-state index >= 15 is 0 Å². The first-order chi connectivity index (χ1) is 13.5. The first-order valence-corrected chi connectivity index (χ1v) is 10.5. The smallest absolute Gasteiger partial charge is 0.365 e. The van der Waals surface area contributed by atoms with E-state index in [1.54, 1.807) is 13.0 Å². The zero-order valence-electron chi connectivity index (χ0n) is 18.0. The van der Waals surface area contributed by atoms with Gasteiger partial charge in [-0.15, -0.1) is 0 Å². The first-order valence-electron chi connectivity index (χ1n) is 10.1. The Balaban J connectivity index is 2.86. The van der Waals surface area contributed by atoms with Gasteiger partial charge in [0.25, 0.3) is 0 Å². The van der Waals surface area contributed by atoms with Gasteiger partial charge in [0, 0.05) is 16.7 Å². The zero-order valence-corrected chi connectivity index (χ0v) is 18.7. The Bertz CT molecular complexity index is 853. The second kappa shape index (κ2) is 9.21. The van der Waals surface area contributed by atoms with Gasteiger partial charge < -0.3 is 14.6 Å². The Morgan fingerprint density at radius 2 is 2.00 bits per heavy atom. The number of hydrogen-bond donors (Lipinski definition) is 1. The van der Waals surface area contributed by atoms with Crippen molar-refractivity contribution in [3.05, 3.63) is 34.1 Å². The minimum Gasteiger partial charge on any atom is -0.492 e. The topological polar surface area (TPSA) is 55.8 Å². The summed E-state index contributed by atoms with van der Waals surface area (Å²) in [5.74, 6) is -1.85. The van der Waals surface area contributed by atoms with Gasteiger partial charge in [0.1, 0.15) is 16.4 Å². The average Bonchev–Trinajstić information content (AvgIpc) is 2.64. The lowest BCUT2D eigenvalue weighted by molar-refractivity contribution is -0.134. The van der Waals surface area contributed by atoms with Gasteiger partial charge in [-0.05, 0) is 57.2 Å². The summed E-state index contributed by atoms with van der Waals surface area (Å²) < 4.78 is 26.6. The third-order valence-electron chi connectivity index (χ3n) is 4.82. The summed E-state index contributed by atoms with van der Waals surface area (Å²) in [6.45, 7) is 12.1. The summed E-state index contributed by atoms with van der Waals surface area (Å²) in [5.41, 5.74) is 1.68. The second-order valence-corrected chi connectivity index (χ2v) is 8.42. The molecule has 4 nitrogen and oxygen atoms in total. The number of fused-ring (bicyclic) bond motifs is 1. The minimum absolute atomic E-state index is 0.0976. The molecule has 0 unspecified atom stereocenters. The minimum atomic E-state index is -1.59. The fraction of sp³-hybridized carbons (Fsp3) is 0.522. The van der Waals surface area contributed by atoms with Crippen LogP contribution >= 0.6 is 11.6 Å². The van der Waals surface area contributed by atoms with Crippen molar-refractivity contribution in [1.82, 2.24) is 0 Å². The molecule has 0 radical (unpaired) electrons. The van der Waals surface area contributed by atoms with Crippen molar-refractivity contribution >= 4 is 28.7 Å². The maximum Gasteiger partial charge on any atom is 0.365 e. The number of carboxylic acids is 1. The van der Waals surface area contributed by atoms with Gasteiger partial charge in [0.15, 0.2) is 5.75 Å². The van der Waals surface area contributed by atoms with Crippen LogP contribution < -0.4 is 9.47 Å². The Morgan fingerprint density at radius 3 is 2.52 bits per heavy atom. The van der Waals surface area contributed by atoms with Gasteiger partial charge in [0.05, 0.1) is 6.61 Å². The largest absolute Gasteiger partial charge is 0.492 e. The molecule has 160 valence electrons. The number of carbonyl (C=O) groups is 1. The predicted molar refractivity (Wildman–Crippen MR) is 115 cm³/mol. The predicted octanol–water partition coefficient (Wildman–Crippen LogP) is 6.90. The molecule has 0 aliphatic carbocycles. The highest BCUT2D eigenvalue weighted by molar-refractivity contribution is 6.34. The standard InChI is InChI=1S/C23H30ClFO4/c1-7-9-10-14(19(25)22(26)27)15-11-16-17(13(3)4)12-23(5,6)29-21(16)18(24)20(15)28-8-2/h11-13H,7-10H2,1-6H3,(H,26,27)/b19-14+. The maximum atomic E-state index is 14.7. The fourth-order valence-electron chi connectivity index (χ4n) is 3.51. The van der Waals surface area contributed by atoms with Crippen LogP contribution in [0.3, 0.4) is 0 Å². The number of carboxylic acid groups (broad SMARTS) is 1. The number of halogens is 2. The number of unbranched alkanes of at least 4 members (excludes halogenated alkanes) is 1. The summed E-state index contributed by atoms with van der Waals surface area (Å²) in [5, 5.41) is 9.55. The van der Waals surface area contributed by atoms with Crippen LogP contribution in [0.25, 0.3) is 11.1 Å². The van der Waals surface area contributed by atoms with Crippen molar-refractivity contribution < 1.29 is 23.8 Å². The molecule has 0 bridgehead atoms. The Labute approximate surface area is 177 Å². The normalized spacial score (nSPS) is 16.0. The van der Waals surface area contributed by atoms with Crippen molar-refractivity contribution in [2.45, 2.75) is 66.4 Å². The van der Waals surface area contributed by atoms with Gasteiger partial charge in [0.2, 0.25) is 5.83 Å². The highest BCUT2D eigenvalue weighted by Gasteiger charge is 2.33. The molecule has 1 N–H and O–H groups in total. The number of aliphatic carboxylic acids is 1. The van der Waals surface area contributed by atoms with E-state index in [-0.39, 0.29) is 28.7 Å². The molecule has 0 aromatic heterocycles. The van der Waals surface area contributed by atoms with E-state index in [1.165, 1.54) is 0 Å². The molecule has 1 aliphatic heterocycles. The lowest BCUT2D eigenvalue weighted by Gasteiger charge is -2.34. The zero-order chi connectivity index (χ0) is 21.9. The van der Waals surface area contributed by atoms with Crippen LogP contribution in [0.5, 0.6) is 11.5 Å². The summed E-state index contributed by atoms with van der Waals surface area (Å²) in [4.78, 5) is 11.4. The van der Waals surface area contributed by atoms with E-state index in [2.05, 4.69) is 13.8 Å². The molecule has 0 spiro atoms. The van der Waals surface area contributed by atoms with Crippen LogP contribution in [0.1, 0.15) is 71.9 Å². The summed E-state index contributed by atoms with van der Waals surface area (Å²) >= 11 is 6.70. The van der Waals surface area contributed by atoms with Crippen LogP contribution in [0.15, 0.2) is 18.0 Å². The van der Waals surface area contributed by atoms with Gasteiger partial charge in [-0.25, -0.2) is 4.79 Å². The van der Waals surface area contributed by atoms with Crippen LogP contribution in [0.4, 0.5) is 4.39 Å². The summed E-state index contributed by atoms with van der Waals surface area (Å²) in [6.07, 6.45) is 3.75. The number of hydrogen-bond acceptors (Lipinski definition) is 3. The van der Waals surface area contributed by atoms with Crippen LogP contribution in [-0.4, -0.2) is 23.3 Å². The van der Waals surface area contributed by atoms with E-state index in [9.17, 15) is 14.3 Å². The second-order valence-electron chi connectivity index (χ2n) is 8.04. The van der Waals surface area contributed by atoms with Gasteiger partial charge in [-0.3, -0.25) is 0 Å². The molecule has 6 heteroatoms. The van der Waals surface area contributed by atoms with E-state index in [4.69, 9.17) is 21.1 Å². The fourth-order valence-corrected chi connectivity index (χ4v) is 3.80. The van der Waals surface area contributed by atoms with Gasteiger partial charge in [-0.2, -0.15) is 4.39 Å². The maximum absolute atomic E-state index is 14.7. The molecule has 0 saturated carbocycles. The van der Waals surface area contributed by atoms with Crippen molar-refractivity contribution in [1.29, 1.82) is 0 Å². The molecule has 2 rings (SSSR count).